The highest BCUT2D eigenvalue weighted by molar-refractivity contribution is 7.10. The SMILES string of the molecule is C[C@H](NC(=O)c1ccc(C(=O)O)o1)c1nc(-c2ccccc2)cs1. The Morgan fingerprint density at radius 3 is 2.54 bits per heavy atom. The summed E-state index contributed by atoms with van der Waals surface area (Å²) in [6.07, 6.45) is 0. The van der Waals surface area contributed by atoms with Crippen LogP contribution in [0.3, 0.4) is 0 Å². The van der Waals surface area contributed by atoms with Gasteiger partial charge in [-0.05, 0) is 19.1 Å². The van der Waals surface area contributed by atoms with Crippen LogP contribution in [0, 0.1) is 0 Å². The molecule has 2 N–H and O–H groups in total. The van der Waals surface area contributed by atoms with E-state index in [0.717, 1.165) is 16.3 Å². The molecule has 0 spiro atoms. The first kappa shape index (κ1) is 15.9. The summed E-state index contributed by atoms with van der Waals surface area (Å²) in [5, 5.41) is 14.3. The average molecular weight is 342 g/mol. The van der Waals surface area contributed by atoms with E-state index in [1.165, 1.54) is 23.5 Å². The van der Waals surface area contributed by atoms with Gasteiger partial charge in [0.2, 0.25) is 5.76 Å². The van der Waals surface area contributed by atoms with E-state index in [1.54, 1.807) is 0 Å². The van der Waals surface area contributed by atoms with Gasteiger partial charge in [0.25, 0.3) is 5.91 Å². The number of amides is 1. The van der Waals surface area contributed by atoms with Crippen molar-refractivity contribution < 1.29 is 19.1 Å². The summed E-state index contributed by atoms with van der Waals surface area (Å²) in [4.78, 5) is 27.4. The summed E-state index contributed by atoms with van der Waals surface area (Å²) in [5.41, 5.74) is 1.86. The third kappa shape index (κ3) is 3.36. The van der Waals surface area contributed by atoms with Crippen molar-refractivity contribution in [3.05, 3.63) is 64.4 Å². The Balaban J connectivity index is 1.70. The Hall–Kier alpha value is -2.93. The van der Waals surface area contributed by atoms with E-state index >= 15 is 0 Å². The number of nitrogens with zero attached hydrogens (tertiary/aromatic N) is 1. The van der Waals surface area contributed by atoms with Crippen molar-refractivity contribution in [2.45, 2.75) is 13.0 Å². The Kier molecular flexibility index (Phi) is 4.43. The lowest BCUT2D eigenvalue weighted by Gasteiger charge is -2.09. The third-order valence-corrected chi connectivity index (χ3v) is 4.38. The van der Waals surface area contributed by atoms with E-state index in [-0.39, 0.29) is 17.6 Å². The number of thiazole rings is 1. The molecular formula is C17H14N2O4S. The molecule has 2 heterocycles. The molecule has 2 aromatic heterocycles. The highest BCUT2D eigenvalue weighted by Gasteiger charge is 2.19. The molecule has 1 atom stereocenters. The number of nitrogens with one attached hydrogen (secondary N) is 1. The molecule has 122 valence electrons. The minimum absolute atomic E-state index is 0.0425. The number of carbonyl (C=O) groups is 2. The number of hydrogen-bond acceptors (Lipinski definition) is 5. The van der Waals surface area contributed by atoms with Gasteiger partial charge in [0.15, 0.2) is 5.76 Å². The monoisotopic (exact) mass is 342 g/mol. The highest BCUT2D eigenvalue weighted by Crippen LogP contribution is 2.25. The summed E-state index contributed by atoms with van der Waals surface area (Å²) in [6, 6.07) is 12.0. The molecule has 0 bridgehead atoms. The molecular weight excluding hydrogens is 328 g/mol. The van der Waals surface area contributed by atoms with Gasteiger partial charge in [0.1, 0.15) is 5.01 Å². The fourth-order valence-corrected chi connectivity index (χ4v) is 2.97. The molecule has 3 aromatic rings. The van der Waals surface area contributed by atoms with Crippen LogP contribution in [-0.4, -0.2) is 22.0 Å². The summed E-state index contributed by atoms with van der Waals surface area (Å²) in [5.74, 6) is -2.01. The van der Waals surface area contributed by atoms with E-state index < -0.39 is 11.9 Å². The largest absolute Gasteiger partial charge is 0.475 e. The minimum atomic E-state index is -1.21. The lowest BCUT2D eigenvalue weighted by molar-refractivity contribution is 0.0659. The molecule has 0 saturated heterocycles. The molecule has 0 aliphatic rings. The number of carbonyl (C=O) groups excluding carboxylic acids is 1. The van der Waals surface area contributed by atoms with Gasteiger partial charge < -0.3 is 14.8 Å². The van der Waals surface area contributed by atoms with Gasteiger partial charge in [0, 0.05) is 10.9 Å². The van der Waals surface area contributed by atoms with Gasteiger partial charge in [-0.2, -0.15) is 0 Å². The number of aromatic carboxylic acids is 1. The van der Waals surface area contributed by atoms with Gasteiger partial charge in [-0.3, -0.25) is 4.79 Å². The number of benzene rings is 1. The fourth-order valence-electron chi connectivity index (χ4n) is 2.13. The molecule has 1 aromatic carbocycles. The maximum atomic E-state index is 12.1. The van der Waals surface area contributed by atoms with Crippen molar-refractivity contribution in [3.8, 4) is 11.3 Å². The molecule has 0 radical (unpaired) electrons. The van der Waals surface area contributed by atoms with Gasteiger partial charge in [-0.25, -0.2) is 9.78 Å². The van der Waals surface area contributed by atoms with E-state index in [0.29, 0.717) is 0 Å². The van der Waals surface area contributed by atoms with Gasteiger partial charge >= 0.3 is 5.97 Å². The van der Waals surface area contributed by atoms with Gasteiger partial charge in [0.05, 0.1) is 11.7 Å². The number of aromatic nitrogens is 1. The predicted octanol–water partition coefficient (Wildman–Crippen LogP) is 3.59. The highest BCUT2D eigenvalue weighted by atomic mass is 32.1. The second-order valence-corrected chi connectivity index (χ2v) is 5.99. The van der Waals surface area contributed by atoms with Crippen molar-refractivity contribution in [3.63, 3.8) is 0 Å². The summed E-state index contributed by atoms with van der Waals surface area (Å²) >= 11 is 1.45. The predicted molar refractivity (Wildman–Crippen MR) is 89.1 cm³/mol. The Bertz CT molecular complexity index is 870. The molecule has 0 fully saturated rings. The van der Waals surface area contributed by atoms with Crippen molar-refractivity contribution in [2.75, 3.05) is 0 Å². The van der Waals surface area contributed by atoms with E-state index in [1.807, 2.05) is 42.6 Å². The molecule has 0 aliphatic carbocycles. The second kappa shape index (κ2) is 6.67. The molecule has 6 nitrogen and oxygen atoms in total. The molecule has 0 unspecified atom stereocenters. The first-order chi connectivity index (χ1) is 11.5. The van der Waals surface area contributed by atoms with Crippen molar-refractivity contribution in [1.29, 1.82) is 0 Å². The van der Waals surface area contributed by atoms with Crippen LogP contribution in [0.1, 0.15) is 39.1 Å². The number of carboxylic acid groups (broad SMARTS) is 1. The summed E-state index contributed by atoms with van der Waals surface area (Å²) in [6.45, 7) is 1.81. The van der Waals surface area contributed by atoms with Crippen LogP contribution in [0.2, 0.25) is 0 Å². The van der Waals surface area contributed by atoms with E-state index in [4.69, 9.17) is 9.52 Å². The van der Waals surface area contributed by atoms with Crippen LogP contribution >= 0.6 is 11.3 Å². The lowest BCUT2D eigenvalue weighted by atomic mass is 10.2. The number of hydrogen-bond donors (Lipinski definition) is 2. The molecule has 1 amide bonds. The first-order valence-corrected chi connectivity index (χ1v) is 8.07. The standard InChI is InChI=1S/C17H14N2O4S/c1-10(18-15(20)13-7-8-14(23-13)17(21)22)16-19-12(9-24-16)11-5-3-2-4-6-11/h2-10H,1H3,(H,18,20)(H,21,22)/t10-/m0/s1. The normalized spacial score (nSPS) is 11.9. The zero-order valence-corrected chi connectivity index (χ0v) is 13.5. The maximum absolute atomic E-state index is 12.1. The third-order valence-electron chi connectivity index (χ3n) is 3.35. The summed E-state index contributed by atoms with van der Waals surface area (Å²) < 4.78 is 4.99. The zero-order valence-electron chi connectivity index (χ0n) is 12.7. The van der Waals surface area contributed by atoms with Crippen LogP contribution < -0.4 is 5.32 Å². The minimum Gasteiger partial charge on any atom is -0.475 e. The van der Waals surface area contributed by atoms with Crippen molar-refractivity contribution in [2.24, 2.45) is 0 Å². The maximum Gasteiger partial charge on any atom is 0.371 e. The molecule has 0 aliphatic heterocycles. The zero-order chi connectivity index (χ0) is 17.1. The Morgan fingerprint density at radius 2 is 1.88 bits per heavy atom. The number of rotatable bonds is 5. The number of furan rings is 1. The van der Waals surface area contributed by atoms with Crippen LogP contribution in [-0.2, 0) is 0 Å². The first-order valence-electron chi connectivity index (χ1n) is 7.19. The average Bonchev–Trinajstić information content (AvgIpc) is 3.25. The van der Waals surface area contributed by atoms with E-state index in [9.17, 15) is 9.59 Å². The topological polar surface area (TPSA) is 92.4 Å². The van der Waals surface area contributed by atoms with Crippen LogP contribution in [0.15, 0.2) is 52.3 Å². The van der Waals surface area contributed by atoms with Crippen LogP contribution in [0.25, 0.3) is 11.3 Å². The quantitative estimate of drug-likeness (QED) is 0.739. The molecule has 24 heavy (non-hydrogen) atoms. The fraction of sp³-hybridized carbons (Fsp3) is 0.118. The smallest absolute Gasteiger partial charge is 0.371 e. The summed E-state index contributed by atoms with van der Waals surface area (Å²) in [7, 11) is 0. The van der Waals surface area contributed by atoms with Crippen molar-refractivity contribution in [1.82, 2.24) is 10.3 Å². The molecule has 3 rings (SSSR count). The molecule has 7 heteroatoms. The lowest BCUT2D eigenvalue weighted by Crippen LogP contribution is -2.26. The number of carboxylic acids is 1. The van der Waals surface area contributed by atoms with Crippen LogP contribution in [0.4, 0.5) is 0 Å². The van der Waals surface area contributed by atoms with E-state index in [2.05, 4.69) is 10.3 Å². The Labute approximate surface area is 141 Å². The molecule has 0 saturated carbocycles. The second-order valence-electron chi connectivity index (χ2n) is 5.10. The van der Waals surface area contributed by atoms with Gasteiger partial charge in [-0.1, -0.05) is 30.3 Å². The van der Waals surface area contributed by atoms with Gasteiger partial charge in [-0.15, -0.1) is 11.3 Å². The Morgan fingerprint density at radius 1 is 1.17 bits per heavy atom. The van der Waals surface area contributed by atoms with Crippen molar-refractivity contribution >= 4 is 23.2 Å². The van der Waals surface area contributed by atoms with Crippen LogP contribution in [0.5, 0.6) is 0 Å².